The van der Waals surface area contributed by atoms with Gasteiger partial charge in [0.05, 0.1) is 35.5 Å². The monoisotopic (exact) mass is 509 g/mol. The van der Waals surface area contributed by atoms with Crippen LogP contribution in [-0.4, -0.2) is 94.7 Å². The Balaban J connectivity index is 0.00000148. The molecule has 0 aromatic carbocycles. The molecule has 2 aliphatic rings. The summed E-state index contributed by atoms with van der Waals surface area (Å²) >= 11 is 1.75. The van der Waals surface area contributed by atoms with Crippen molar-refractivity contribution >= 4 is 39.2 Å². The molecule has 2 fully saturated rings. The quantitative estimate of drug-likeness (QED) is 0.473. The third-order valence-electron chi connectivity index (χ3n) is 6.35. The summed E-state index contributed by atoms with van der Waals surface area (Å²) in [5, 5.41) is 0. The molecule has 4 N–H and O–H groups in total. The van der Waals surface area contributed by atoms with Gasteiger partial charge < -0.3 is 26.0 Å². The Morgan fingerprint density at radius 1 is 1.08 bits per heavy atom. The molecule has 5 rings (SSSR count). The molecule has 5 heterocycles. The predicted octanol–water partition coefficient (Wildman–Crippen LogP) is 0.728. The number of rotatable bonds is 5. The van der Waals surface area contributed by atoms with Gasteiger partial charge in [0.15, 0.2) is 11.6 Å². The lowest BCUT2D eigenvalue weighted by atomic mass is 10.2. The Hall–Kier alpha value is -3.37. The van der Waals surface area contributed by atoms with Crippen LogP contribution in [-0.2, 0) is 16.1 Å². The number of amides is 1. The number of nitrogens with two attached hydrogens (primary N) is 2. The van der Waals surface area contributed by atoms with E-state index in [2.05, 4.69) is 39.5 Å². The fraction of sp³-hybridized carbons (Fsp3) is 0.458. The highest BCUT2D eigenvalue weighted by Crippen LogP contribution is 2.38. The van der Waals surface area contributed by atoms with E-state index < -0.39 is 0 Å². The summed E-state index contributed by atoms with van der Waals surface area (Å²) in [6, 6.07) is 0. The Kier molecular flexibility index (Phi) is 8.27. The van der Waals surface area contributed by atoms with E-state index in [-0.39, 0.29) is 18.4 Å². The molecule has 3 aromatic rings. The first-order valence-electron chi connectivity index (χ1n) is 11.8. The third kappa shape index (κ3) is 5.39. The first kappa shape index (κ1) is 25.7. The Morgan fingerprint density at radius 3 is 2.39 bits per heavy atom. The Bertz CT molecular complexity index is 1210. The molecule has 36 heavy (non-hydrogen) atoms. The maximum atomic E-state index is 11.9. The number of ether oxygens (including phenoxy) is 1. The van der Waals surface area contributed by atoms with E-state index in [9.17, 15) is 4.79 Å². The minimum Gasteiger partial charge on any atom is -0.378 e. The number of aryl methyl sites for hydroxylation is 1. The molecular weight excluding hydrogens is 478 g/mol. The van der Waals surface area contributed by atoms with Crippen LogP contribution in [0, 0.1) is 19.8 Å². The highest BCUT2D eigenvalue weighted by molar-refractivity contribution is 7.19. The number of anilines is 2. The van der Waals surface area contributed by atoms with Crippen molar-refractivity contribution in [3.8, 4) is 24.2 Å². The molecular formula is C24H31N9O2S. The molecule has 190 valence electrons. The average Bonchev–Trinajstić information content (AvgIpc) is 3.25. The van der Waals surface area contributed by atoms with Gasteiger partial charge in [-0.1, -0.05) is 0 Å². The molecule has 2 saturated heterocycles. The summed E-state index contributed by atoms with van der Waals surface area (Å²) in [7, 11) is 0. The fourth-order valence-electron chi connectivity index (χ4n) is 4.33. The number of morpholine rings is 1. The maximum Gasteiger partial charge on any atom is 0.236 e. The highest BCUT2D eigenvalue weighted by atomic mass is 32.1. The van der Waals surface area contributed by atoms with Crippen LogP contribution in [0.15, 0.2) is 12.4 Å². The Morgan fingerprint density at radius 2 is 1.75 bits per heavy atom. The first-order chi connectivity index (χ1) is 17.5. The summed E-state index contributed by atoms with van der Waals surface area (Å²) in [6.45, 7) is 9.01. The molecule has 0 spiro atoms. The number of nitrogens with zero attached hydrogens (tertiary/aromatic N) is 7. The van der Waals surface area contributed by atoms with E-state index >= 15 is 0 Å². The van der Waals surface area contributed by atoms with Crippen molar-refractivity contribution in [2.75, 3.05) is 69.7 Å². The standard InChI is InChI=1S/C22H29N9O2S.C2H2/c1-14-16(13-29-2-4-30(5-3-29)17(32)10-23)34-19-18(14)27-20(15-11-25-22(24)26-12-15)28-21(19)31-6-8-33-9-7-31;1-2/h11-12H,2-10,13,23H2,1H3,(H2,24,25,26);1-2H. The van der Waals surface area contributed by atoms with Gasteiger partial charge in [-0.05, 0) is 12.5 Å². The fourth-order valence-corrected chi connectivity index (χ4v) is 5.63. The number of carbonyl (C=O) groups is 1. The normalized spacial score (nSPS) is 16.6. The zero-order valence-corrected chi connectivity index (χ0v) is 21.2. The van der Waals surface area contributed by atoms with E-state index in [1.165, 1.54) is 4.88 Å². The summed E-state index contributed by atoms with van der Waals surface area (Å²) < 4.78 is 6.66. The number of hydrogen-bond donors (Lipinski definition) is 2. The van der Waals surface area contributed by atoms with Crippen LogP contribution in [0.2, 0.25) is 0 Å². The molecule has 0 saturated carbocycles. The molecule has 12 heteroatoms. The molecule has 1 amide bonds. The predicted molar refractivity (Wildman–Crippen MR) is 141 cm³/mol. The molecule has 3 aromatic heterocycles. The zero-order valence-electron chi connectivity index (χ0n) is 20.4. The van der Waals surface area contributed by atoms with Gasteiger partial charge in [-0.2, -0.15) is 0 Å². The van der Waals surface area contributed by atoms with Crippen LogP contribution in [0.5, 0.6) is 0 Å². The number of terminal acetylenes is 1. The van der Waals surface area contributed by atoms with Gasteiger partial charge in [0, 0.05) is 63.1 Å². The second kappa shape index (κ2) is 11.6. The molecule has 11 nitrogen and oxygen atoms in total. The topological polar surface area (TPSA) is 140 Å². The second-order valence-electron chi connectivity index (χ2n) is 8.49. The van der Waals surface area contributed by atoms with Crippen LogP contribution in [0.4, 0.5) is 11.8 Å². The van der Waals surface area contributed by atoms with E-state index in [4.69, 9.17) is 26.2 Å². The number of nitrogen functional groups attached to an aromatic ring is 1. The van der Waals surface area contributed by atoms with Crippen molar-refractivity contribution < 1.29 is 9.53 Å². The smallest absolute Gasteiger partial charge is 0.236 e. The molecule has 0 unspecified atom stereocenters. The van der Waals surface area contributed by atoms with Crippen LogP contribution in [0.25, 0.3) is 21.6 Å². The number of fused-ring (bicyclic) bond motifs is 1. The van der Waals surface area contributed by atoms with Gasteiger partial charge in [0.25, 0.3) is 0 Å². The van der Waals surface area contributed by atoms with Crippen molar-refractivity contribution in [1.29, 1.82) is 0 Å². The summed E-state index contributed by atoms with van der Waals surface area (Å²) in [4.78, 5) is 37.8. The maximum absolute atomic E-state index is 11.9. The minimum atomic E-state index is 0.0160. The van der Waals surface area contributed by atoms with Gasteiger partial charge in [0.1, 0.15) is 0 Å². The summed E-state index contributed by atoms with van der Waals surface area (Å²) in [5.74, 6) is 1.76. The van der Waals surface area contributed by atoms with Gasteiger partial charge >= 0.3 is 0 Å². The first-order valence-corrected chi connectivity index (χ1v) is 12.6. The minimum absolute atomic E-state index is 0.0160. The van der Waals surface area contributed by atoms with Gasteiger partial charge in [-0.25, -0.2) is 19.9 Å². The molecule has 0 aliphatic carbocycles. The Labute approximate surface area is 214 Å². The van der Waals surface area contributed by atoms with E-state index in [1.807, 2.05) is 4.90 Å². The zero-order chi connectivity index (χ0) is 25.7. The van der Waals surface area contributed by atoms with Crippen LogP contribution < -0.4 is 16.4 Å². The third-order valence-corrected chi connectivity index (χ3v) is 7.62. The number of piperazine rings is 1. The largest absolute Gasteiger partial charge is 0.378 e. The number of hydrogen-bond acceptors (Lipinski definition) is 11. The SMILES string of the molecule is C#C.Cc1c(CN2CCN(C(=O)CN)CC2)sc2c(N3CCOCC3)nc(-c3cnc(N)nc3)nc12. The number of thiophene rings is 1. The van der Waals surface area contributed by atoms with Crippen LogP contribution in [0.1, 0.15) is 10.4 Å². The van der Waals surface area contributed by atoms with Crippen molar-refractivity contribution in [1.82, 2.24) is 29.7 Å². The summed E-state index contributed by atoms with van der Waals surface area (Å²) in [6.07, 6.45) is 11.3. The van der Waals surface area contributed by atoms with Crippen molar-refractivity contribution in [3.63, 3.8) is 0 Å². The number of carbonyl (C=O) groups excluding carboxylic acids is 1. The lowest BCUT2D eigenvalue weighted by molar-refractivity contribution is -0.131. The van der Waals surface area contributed by atoms with E-state index in [0.717, 1.165) is 59.9 Å². The van der Waals surface area contributed by atoms with Crippen molar-refractivity contribution in [2.24, 2.45) is 5.73 Å². The van der Waals surface area contributed by atoms with E-state index in [1.54, 1.807) is 23.7 Å². The van der Waals surface area contributed by atoms with Crippen molar-refractivity contribution in [3.05, 3.63) is 22.8 Å². The van der Waals surface area contributed by atoms with Gasteiger partial charge in [-0.15, -0.1) is 24.2 Å². The van der Waals surface area contributed by atoms with Crippen LogP contribution in [0.3, 0.4) is 0 Å². The highest BCUT2D eigenvalue weighted by Gasteiger charge is 2.25. The lowest BCUT2D eigenvalue weighted by Crippen LogP contribution is -2.49. The lowest BCUT2D eigenvalue weighted by Gasteiger charge is -2.34. The molecule has 0 atom stereocenters. The molecule has 2 aliphatic heterocycles. The van der Waals surface area contributed by atoms with Crippen molar-refractivity contribution in [2.45, 2.75) is 13.5 Å². The molecule has 0 radical (unpaired) electrons. The van der Waals surface area contributed by atoms with Gasteiger partial charge in [0.2, 0.25) is 11.9 Å². The molecule has 0 bridgehead atoms. The van der Waals surface area contributed by atoms with E-state index in [0.29, 0.717) is 32.1 Å². The summed E-state index contributed by atoms with van der Waals surface area (Å²) in [5.41, 5.74) is 14.1. The second-order valence-corrected chi connectivity index (χ2v) is 9.59. The average molecular weight is 510 g/mol. The van der Waals surface area contributed by atoms with Gasteiger partial charge in [-0.3, -0.25) is 9.69 Å². The number of aromatic nitrogens is 4. The van der Waals surface area contributed by atoms with Crippen LogP contribution >= 0.6 is 11.3 Å².